The standard InChI is InChI=1S/C17H27N2O.C12H11N5O6.ClH/c18-16(13-14-7-2-1-3-8-14)17(20)11-6-10-15-9-4-5-12-19-15;13-9(12(18)19)3-7-5-15(6-14-7)10-2-1-8(16(20)21)4-11(10)17(22)23;/h4-5,9,12,14,16-18,20H,1-3,6-8,10-11,13H2;1-2,4-6,9H,3,13H2,(H,18,19);1H/q-1;;/t16-,17-;9-;/m00./s1. The zero-order chi connectivity index (χ0) is 31.4. The number of nitrogens with two attached hydrogens (primary N) is 1. The number of nitro groups is 2. The predicted octanol–water partition coefficient (Wildman–Crippen LogP) is 5.22. The minimum atomic E-state index is -1.19. The van der Waals surface area contributed by atoms with E-state index in [1.54, 1.807) is 0 Å². The molecule has 2 aromatic heterocycles. The third kappa shape index (κ3) is 11.3. The first-order valence-electron chi connectivity index (χ1n) is 14.3. The summed E-state index contributed by atoms with van der Waals surface area (Å²) in [4.78, 5) is 39.3. The van der Waals surface area contributed by atoms with E-state index in [0.717, 1.165) is 43.5 Å². The zero-order valence-electron chi connectivity index (χ0n) is 24.2. The molecule has 14 nitrogen and oxygen atoms in total. The molecule has 0 radical (unpaired) electrons. The SMILES string of the molecule is Cl.N[C@@H](Cc1cn(-c2ccc([N+](=O)[O-])cc2[N+](=O)[O-])cn1)C(=O)O.[NH-][C@@H](CC1CCCCC1)[C@@H](O)CCCc1ccccn1. The first-order valence-corrected chi connectivity index (χ1v) is 14.3. The van der Waals surface area contributed by atoms with E-state index in [-0.39, 0.29) is 30.6 Å². The number of carbonyl (C=O) groups is 1. The highest BCUT2D eigenvalue weighted by atomic mass is 35.5. The zero-order valence-corrected chi connectivity index (χ0v) is 25.1. The predicted molar refractivity (Wildman–Crippen MR) is 166 cm³/mol. The van der Waals surface area contributed by atoms with Gasteiger partial charge in [-0.3, -0.25) is 34.6 Å². The number of nitrogens with zero attached hydrogens (tertiary/aromatic N) is 5. The molecule has 3 aromatic rings. The molecule has 1 saturated carbocycles. The topological polar surface area (TPSA) is 224 Å². The van der Waals surface area contributed by atoms with Crippen LogP contribution in [0.15, 0.2) is 55.1 Å². The number of carboxylic acid groups (broad SMARTS) is 1. The normalized spacial score (nSPS) is 15.2. The van der Waals surface area contributed by atoms with Gasteiger partial charge in [0.2, 0.25) is 0 Å². The summed E-state index contributed by atoms with van der Waals surface area (Å²) in [7, 11) is 0. The molecule has 5 N–H and O–H groups in total. The molecule has 3 atom stereocenters. The van der Waals surface area contributed by atoms with Gasteiger partial charge in [-0.25, -0.2) is 4.98 Å². The van der Waals surface area contributed by atoms with Crippen LogP contribution >= 0.6 is 12.4 Å². The van der Waals surface area contributed by atoms with Crippen LogP contribution in [-0.2, 0) is 17.6 Å². The van der Waals surface area contributed by atoms with Gasteiger partial charge < -0.3 is 21.7 Å². The van der Waals surface area contributed by atoms with Gasteiger partial charge in [0.15, 0.2) is 0 Å². The fraction of sp³-hybridized carbons (Fsp3) is 0.483. The Morgan fingerprint density at radius 2 is 1.82 bits per heavy atom. The number of aromatic nitrogens is 3. The van der Waals surface area contributed by atoms with Crippen molar-refractivity contribution < 1.29 is 24.9 Å². The van der Waals surface area contributed by atoms with Crippen molar-refractivity contribution in [3.8, 4) is 5.69 Å². The van der Waals surface area contributed by atoms with Gasteiger partial charge in [0.1, 0.15) is 11.7 Å². The van der Waals surface area contributed by atoms with Crippen LogP contribution < -0.4 is 5.73 Å². The van der Waals surface area contributed by atoms with Gasteiger partial charge in [-0.15, -0.1) is 18.4 Å². The Morgan fingerprint density at radius 3 is 2.43 bits per heavy atom. The van der Waals surface area contributed by atoms with Gasteiger partial charge in [-0.1, -0.05) is 44.6 Å². The van der Waals surface area contributed by atoms with E-state index < -0.39 is 39.3 Å². The number of rotatable bonds is 13. The van der Waals surface area contributed by atoms with Crippen molar-refractivity contribution in [2.45, 2.75) is 82.4 Å². The number of imidazole rings is 1. The van der Waals surface area contributed by atoms with Crippen LogP contribution in [0.2, 0.25) is 0 Å². The highest BCUT2D eigenvalue weighted by Gasteiger charge is 2.22. The van der Waals surface area contributed by atoms with Crippen LogP contribution in [0.5, 0.6) is 0 Å². The van der Waals surface area contributed by atoms with Gasteiger partial charge in [0.25, 0.3) is 11.4 Å². The van der Waals surface area contributed by atoms with Gasteiger partial charge in [-0.2, -0.15) is 0 Å². The van der Waals surface area contributed by atoms with Crippen LogP contribution in [0.3, 0.4) is 0 Å². The second-order valence-electron chi connectivity index (χ2n) is 10.7. The second kappa shape index (κ2) is 18.0. The molecule has 44 heavy (non-hydrogen) atoms. The van der Waals surface area contributed by atoms with Crippen LogP contribution in [-0.4, -0.2) is 58.8 Å². The Labute approximate surface area is 261 Å². The molecule has 0 saturated heterocycles. The summed E-state index contributed by atoms with van der Waals surface area (Å²) in [6.07, 6.45) is 13.8. The number of aryl methyl sites for hydroxylation is 1. The molecule has 4 rings (SSSR count). The number of non-ortho nitro benzene ring substituents is 1. The highest BCUT2D eigenvalue weighted by molar-refractivity contribution is 5.85. The van der Waals surface area contributed by atoms with Gasteiger partial charge in [0, 0.05) is 36.7 Å². The van der Waals surface area contributed by atoms with Crippen molar-refractivity contribution in [1.82, 2.24) is 14.5 Å². The Morgan fingerprint density at radius 1 is 1.09 bits per heavy atom. The number of aliphatic hydroxyl groups is 1. The Hall–Kier alpha value is -3.98. The number of pyridine rings is 1. The molecular formula is C29H39ClN7O7-. The number of nitrogens with one attached hydrogen (secondary N) is 1. The lowest BCUT2D eigenvalue weighted by molar-refractivity contribution is -0.394. The quantitative estimate of drug-likeness (QED) is 0.164. The molecule has 15 heteroatoms. The molecule has 1 aliphatic carbocycles. The van der Waals surface area contributed by atoms with Gasteiger partial charge in [-0.05, 0) is 43.4 Å². The number of hydrogen-bond acceptors (Lipinski definition) is 9. The lowest BCUT2D eigenvalue weighted by atomic mass is 9.83. The maximum atomic E-state index is 11.1. The number of hydrogen-bond donors (Lipinski definition) is 3. The lowest BCUT2D eigenvalue weighted by Gasteiger charge is -2.32. The van der Waals surface area contributed by atoms with Crippen molar-refractivity contribution in [3.63, 3.8) is 0 Å². The third-order valence-electron chi connectivity index (χ3n) is 7.46. The molecule has 0 unspecified atom stereocenters. The molecule has 0 bridgehead atoms. The Kier molecular flexibility index (Phi) is 14.8. The third-order valence-corrected chi connectivity index (χ3v) is 7.46. The Bertz CT molecular complexity index is 1350. The molecular weight excluding hydrogens is 594 g/mol. The molecule has 1 aromatic carbocycles. The summed E-state index contributed by atoms with van der Waals surface area (Å²) in [6, 6.07) is 7.68. The summed E-state index contributed by atoms with van der Waals surface area (Å²) in [5.74, 6) is -0.516. The maximum absolute atomic E-state index is 11.1. The van der Waals surface area contributed by atoms with Crippen molar-refractivity contribution in [2.75, 3.05) is 0 Å². The number of carboxylic acids is 1. The Balaban J connectivity index is 0.000000303. The fourth-order valence-electron chi connectivity index (χ4n) is 5.08. The van der Waals surface area contributed by atoms with E-state index in [1.807, 2.05) is 24.4 Å². The molecule has 240 valence electrons. The van der Waals surface area contributed by atoms with Gasteiger partial charge in [0.05, 0.1) is 27.9 Å². The lowest BCUT2D eigenvalue weighted by Crippen LogP contribution is -2.32. The molecule has 0 aliphatic heterocycles. The first kappa shape index (κ1) is 36.2. The van der Waals surface area contributed by atoms with E-state index in [2.05, 4.69) is 9.97 Å². The monoisotopic (exact) mass is 632 g/mol. The molecule has 2 heterocycles. The minimum absolute atomic E-state index is 0. The molecule has 0 amide bonds. The smallest absolute Gasteiger partial charge is 0.320 e. The van der Waals surface area contributed by atoms with Crippen LogP contribution in [0.1, 0.15) is 62.8 Å². The van der Waals surface area contributed by atoms with Crippen LogP contribution in [0, 0.1) is 26.1 Å². The van der Waals surface area contributed by atoms with E-state index in [9.17, 15) is 30.1 Å². The van der Waals surface area contributed by atoms with E-state index >= 15 is 0 Å². The van der Waals surface area contributed by atoms with E-state index in [1.165, 1.54) is 55.3 Å². The number of aliphatic carboxylic acids is 1. The summed E-state index contributed by atoms with van der Waals surface area (Å²) >= 11 is 0. The largest absolute Gasteiger partial charge is 0.673 e. The minimum Gasteiger partial charge on any atom is -0.673 e. The summed E-state index contributed by atoms with van der Waals surface area (Å²) in [6.45, 7) is 0. The summed E-state index contributed by atoms with van der Waals surface area (Å²) in [5.41, 5.74) is 14.1. The van der Waals surface area contributed by atoms with E-state index in [4.69, 9.17) is 16.6 Å². The molecule has 1 fully saturated rings. The van der Waals surface area contributed by atoms with Crippen molar-refractivity contribution in [2.24, 2.45) is 11.7 Å². The fourth-order valence-corrected chi connectivity index (χ4v) is 5.08. The van der Waals surface area contributed by atoms with Crippen molar-refractivity contribution in [1.29, 1.82) is 0 Å². The van der Waals surface area contributed by atoms with Crippen molar-refractivity contribution in [3.05, 3.63) is 92.5 Å². The summed E-state index contributed by atoms with van der Waals surface area (Å²) < 4.78 is 1.28. The van der Waals surface area contributed by atoms with Gasteiger partial charge >= 0.3 is 5.97 Å². The highest BCUT2D eigenvalue weighted by Crippen LogP contribution is 2.30. The molecule has 1 aliphatic rings. The first-order chi connectivity index (χ1) is 20.5. The van der Waals surface area contributed by atoms with Crippen LogP contribution in [0.25, 0.3) is 11.4 Å². The van der Waals surface area contributed by atoms with E-state index in [0.29, 0.717) is 11.6 Å². The number of benzene rings is 1. The van der Waals surface area contributed by atoms with Crippen LogP contribution in [0.4, 0.5) is 11.4 Å². The average molecular weight is 633 g/mol. The number of nitro benzene ring substituents is 2. The number of aliphatic hydroxyl groups excluding tert-OH is 1. The second-order valence-corrected chi connectivity index (χ2v) is 10.7. The summed E-state index contributed by atoms with van der Waals surface area (Å²) in [5, 5.41) is 40.7. The molecule has 0 spiro atoms. The van der Waals surface area contributed by atoms with Crippen molar-refractivity contribution >= 4 is 29.8 Å². The number of halogens is 1. The maximum Gasteiger partial charge on any atom is 0.320 e. The average Bonchev–Trinajstić information content (AvgIpc) is 3.46.